The van der Waals surface area contributed by atoms with Crippen molar-refractivity contribution >= 4 is 35.3 Å². The number of ketones is 1. The molecule has 0 saturated heterocycles. The van der Waals surface area contributed by atoms with E-state index in [2.05, 4.69) is 0 Å². The smallest absolute Gasteiger partial charge is 0.343 e. The predicted octanol–water partition coefficient (Wildman–Crippen LogP) is 5.45. The summed E-state index contributed by atoms with van der Waals surface area (Å²) in [6, 6.07) is 18.0. The van der Waals surface area contributed by atoms with E-state index in [1.165, 1.54) is 36.0 Å². The first-order valence-corrected chi connectivity index (χ1v) is 9.84. The van der Waals surface area contributed by atoms with Gasteiger partial charge in [0.15, 0.2) is 0 Å². The fourth-order valence-corrected chi connectivity index (χ4v) is 4.10. The number of non-ortho nitro benzene ring substituents is 1. The largest absolute Gasteiger partial charge is 0.422 e. The molecule has 1 aliphatic rings. The summed E-state index contributed by atoms with van der Waals surface area (Å²) in [4.78, 5) is 37.1. The van der Waals surface area contributed by atoms with Crippen LogP contribution in [0.5, 0.6) is 5.75 Å². The maximum atomic E-state index is 12.7. The van der Waals surface area contributed by atoms with Gasteiger partial charge in [-0.05, 0) is 43.3 Å². The van der Waals surface area contributed by atoms with Crippen molar-refractivity contribution in [3.63, 3.8) is 0 Å². The van der Waals surface area contributed by atoms with Crippen LogP contribution in [0, 0.1) is 17.0 Å². The Morgan fingerprint density at radius 3 is 2.63 bits per heavy atom. The molecule has 0 spiro atoms. The van der Waals surface area contributed by atoms with Crippen LogP contribution in [0.1, 0.15) is 31.8 Å². The quantitative estimate of drug-likeness (QED) is 0.184. The number of nitrogens with zero attached hydrogens (tertiary/aromatic N) is 1. The van der Waals surface area contributed by atoms with E-state index in [1.54, 1.807) is 24.3 Å². The summed E-state index contributed by atoms with van der Waals surface area (Å²) in [5.41, 5.74) is 2.04. The lowest BCUT2D eigenvalue weighted by atomic mass is 10.1. The zero-order chi connectivity index (χ0) is 21.3. The van der Waals surface area contributed by atoms with E-state index < -0.39 is 10.9 Å². The normalized spacial score (nSPS) is 13.9. The number of nitro groups is 1. The SMILES string of the molecule is Cc1ccc(OC(=O)c2cccc([N+](=O)[O-])c2)c(/C=C2\Sc3ccccc3C2=O)c1. The predicted molar refractivity (Wildman–Crippen MR) is 114 cm³/mol. The molecule has 4 rings (SSSR count). The molecule has 30 heavy (non-hydrogen) atoms. The monoisotopic (exact) mass is 417 g/mol. The highest BCUT2D eigenvalue weighted by Crippen LogP contribution is 2.41. The Bertz CT molecular complexity index is 1230. The molecule has 7 heteroatoms. The Kier molecular flexibility index (Phi) is 5.20. The van der Waals surface area contributed by atoms with Crippen LogP contribution in [0.4, 0.5) is 5.69 Å². The molecule has 1 heterocycles. The van der Waals surface area contributed by atoms with Gasteiger partial charge in [0.2, 0.25) is 5.78 Å². The minimum absolute atomic E-state index is 0.0714. The van der Waals surface area contributed by atoms with Crippen LogP contribution in [0.25, 0.3) is 6.08 Å². The Labute approximate surface area is 176 Å². The third kappa shape index (κ3) is 3.88. The first-order valence-electron chi connectivity index (χ1n) is 9.03. The lowest BCUT2D eigenvalue weighted by Crippen LogP contribution is -2.10. The van der Waals surface area contributed by atoms with Crippen molar-refractivity contribution in [1.29, 1.82) is 0 Å². The van der Waals surface area contributed by atoms with Gasteiger partial charge in [-0.2, -0.15) is 0 Å². The van der Waals surface area contributed by atoms with E-state index in [0.29, 0.717) is 16.0 Å². The number of allylic oxidation sites excluding steroid dienone is 1. The number of carbonyl (C=O) groups excluding carboxylic acids is 2. The molecule has 0 radical (unpaired) electrons. The Morgan fingerprint density at radius 1 is 1.07 bits per heavy atom. The van der Waals surface area contributed by atoms with Crippen LogP contribution in [0.3, 0.4) is 0 Å². The van der Waals surface area contributed by atoms with Gasteiger partial charge in [-0.3, -0.25) is 14.9 Å². The molecule has 0 aromatic heterocycles. The molecule has 1 aliphatic heterocycles. The van der Waals surface area contributed by atoms with Crippen molar-refractivity contribution < 1.29 is 19.2 Å². The second-order valence-corrected chi connectivity index (χ2v) is 7.76. The summed E-state index contributed by atoms with van der Waals surface area (Å²) in [6.45, 7) is 1.90. The van der Waals surface area contributed by atoms with E-state index >= 15 is 0 Å². The number of nitro benzene ring substituents is 1. The lowest BCUT2D eigenvalue weighted by Gasteiger charge is -2.09. The van der Waals surface area contributed by atoms with E-state index in [0.717, 1.165) is 10.5 Å². The first kappa shape index (κ1) is 19.6. The second kappa shape index (κ2) is 7.96. The summed E-state index contributed by atoms with van der Waals surface area (Å²) in [6.07, 6.45) is 1.70. The molecule has 0 fully saturated rings. The van der Waals surface area contributed by atoms with Gasteiger partial charge < -0.3 is 4.74 Å². The third-order valence-corrected chi connectivity index (χ3v) is 5.62. The molecule has 0 atom stereocenters. The van der Waals surface area contributed by atoms with Crippen molar-refractivity contribution in [3.05, 3.63) is 104 Å². The molecular formula is C23H15NO5S. The number of benzene rings is 3. The number of esters is 1. The van der Waals surface area contributed by atoms with Crippen LogP contribution < -0.4 is 4.74 Å². The van der Waals surface area contributed by atoms with Crippen LogP contribution in [0.15, 0.2) is 76.5 Å². The van der Waals surface area contributed by atoms with Gasteiger partial charge in [-0.15, -0.1) is 0 Å². The van der Waals surface area contributed by atoms with Crippen molar-refractivity contribution in [2.24, 2.45) is 0 Å². The average Bonchev–Trinajstić information content (AvgIpc) is 3.05. The Hall–Kier alpha value is -3.71. The zero-order valence-electron chi connectivity index (χ0n) is 15.8. The number of aryl methyl sites for hydroxylation is 1. The van der Waals surface area contributed by atoms with Gasteiger partial charge in [-0.25, -0.2) is 4.79 Å². The van der Waals surface area contributed by atoms with Crippen LogP contribution in [0.2, 0.25) is 0 Å². The molecule has 0 bridgehead atoms. The third-order valence-electron chi connectivity index (χ3n) is 4.52. The van der Waals surface area contributed by atoms with Crippen molar-refractivity contribution in [2.75, 3.05) is 0 Å². The molecule has 3 aromatic carbocycles. The summed E-state index contributed by atoms with van der Waals surface area (Å²) < 4.78 is 5.52. The van der Waals surface area contributed by atoms with Crippen molar-refractivity contribution in [2.45, 2.75) is 11.8 Å². The molecule has 0 N–H and O–H groups in total. The fraction of sp³-hybridized carbons (Fsp3) is 0.0435. The molecule has 3 aromatic rings. The summed E-state index contributed by atoms with van der Waals surface area (Å²) >= 11 is 1.37. The van der Waals surface area contributed by atoms with Crippen molar-refractivity contribution in [3.8, 4) is 5.75 Å². The number of hydrogen-bond donors (Lipinski definition) is 0. The van der Waals surface area contributed by atoms with Crippen LogP contribution in [-0.2, 0) is 0 Å². The number of hydrogen-bond acceptors (Lipinski definition) is 6. The van der Waals surface area contributed by atoms with Gasteiger partial charge >= 0.3 is 5.97 Å². The first-order chi connectivity index (χ1) is 14.4. The zero-order valence-corrected chi connectivity index (χ0v) is 16.6. The van der Waals surface area contributed by atoms with Gasteiger partial charge in [0.25, 0.3) is 5.69 Å². The lowest BCUT2D eigenvalue weighted by molar-refractivity contribution is -0.384. The minimum Gasteiger partial charge on any atom is -0.422 e. The Morgan fingerprint density at radius 2 is 1.87 bits per heavy atom. The summed E-state index contributed by atoms with van der Waals surface area (Å²) in [7, 11) is 0. The number of Topliss-reactive ketones (excluding diaryl/α,β-unsaturated/α-hetero) is 1. The maximum absolute atomic E-state index is 12.7. The van der Waals surface area contributed by atoms with Gasteiger partial charge in [0.05, 0.1) is 15.4 Å². The highest BCUT2D eigenvalue weighted by atomic mass is 32.2. The topological polar surface area (TPSA) is 86.5 Å². The number of ether oxygens (including phenoxy) is 1. The molecule has 0 amide bonds. The minimum atomic E-state index is -0.712. The van der Waals surface area contributed by atoms with Gasteiger partial charge in [0.1, 0.15) is 5.75 Å². The molecule has 148 valence electrons. The highest BCUT2D eigenvalue weighted by Gasteiger charge is 2.26. The van der Waals surface area contributed by atoms with Gasteiger partial charge in [0, 0.05) is 28.2 Å². The molecule has 0 unspecified atom stereocenters. The molecule has 0 aliphatic carbocycles. The van der Waals surface area contributed by atoms with Crippen molar-refractivity contribution in [1.82, 2.24) is 0 Å². The average molecular weight is 417 g/mol. The van der Waals surface area contributed by atoms with Crippen LogP contribution in [-0.4, -0.2) is 16.7 Å². The number of fused-ring (bicyclic) bond motifs is 1. The molecule has 0 saturated carbocycles. The summed E-state index contributed by atoms with van der Waals surface area (Å²) in [5.74, 6) is -0.516. The Balaban J connectivity index is 1.65. The number of thioether (sulfide) groups is 1. The van der Waals surface area contributed by atoms with E-state index in [4.69, 9.17) is 4.74 Å². The van der Waals surface area contributed by atoms with Crippen LogP contribution >= 0.6 is 11.8 Å². The number of carbonyl (C=O) groups is 2. The molecular weight excluding hydrogens is 402 g/mol. The standard InChI is InChI=1S/C23H15NO5S/c1-14-9-10-19(29-23(26)15-5-4-6-17(12-15)24(27)28)16(11-14)13-21-22(25)18-7-2-3-8-20(18)30-21/h2-13H,1H3/b21-13-. The van der Waals surface area contributed by atoms with Gasteiger partial charge in [-0.1, -0.05) is 41.6 Å². The van der Waals surface area contributed by atoms with E-state index in [9.17, 15) is 19.7 Å². The van der Waals surface area contributed by atoms with E-state index in [-0.39, 0.29) is 22.8 Å². The van der Waals surface area contributed by atoms with E-state index in [1.807, 2.05) is 31.2 Å². The molecule has 6 nitrogen and oxygen atoms in total. The second-order valence-electron chi connectivity index (χ2n) is 6.67. The maximum Gasteiger partial charge on any atom is 0.343 e. The summed E-state index contributed by atoms with van der Waals surface area (Å²) in [5, 5.41) is 11.0. The highest BCUT2D eigenvalue weighted by molar-refractivity contribution is 8.04. The number of rotatable bonds is 4. The fourth-order valence-electron chi connectivity index (χ4n) is 3.06.